The average molecular weight is 226 g/mol. The molecule has 1 aliphatic heterocycles. The zero-order valence-electron chi connectivity index (χ0n) is 11.3. The lowest BCUT2D eigenvalue weighted by Crippen LogP contribution is -2.44. The number of ether oxygens (including phenoxy) is 1. The first-order valence-electron chi connectivity index (χ1n) is 6.55. The lowest BCUT2D eigenvalue weighted by Gasteiger charge is -2.37. The van der Waals surface area contributed by atoms with Gasteiger partial charge in [0.05, 0.1) is 16.8 Å². The van der Waals surface area contributed by atoms with Crippen LogP contribution in [0.1, 0.15) is 60.3 Å². The summed E-state index contributed by atoms with van der Waals surface area (Å²) in [5.74, 6) is 1.00. The van der Waals surface area contributed by atoms with Gasteiger partial charge in [-0.05, 0) is 53.4 Å². The van der Waals surface area contributed by atoms with Crippen molar-refractivity contribution in [3.8, 4) is 0 Å². The van der Waals surface area contributed by atoms with Crippen molar-refractivity contribution in [1.29, 1.82) is 0 Å². The highest BCUT2D eigenvalue weighted by atomic mass is 16.5. The van der Waals surface area contributed by atoms with Crippen molar-refractivity contribution >= 4 is 0 Å². The highest BCUT2D eigenvalue weighted by molar-refractivity contribution is 5.03. The second kappa shape index (κ2) is 3.46. The second-order valence-corrected chi connectivity index (χ2v) is 7.23. The summed E-state index contributed by atoms with van der Waals surface area (Å²) in [5, 5.41) is 10.7. The van der Waals surface area contributed by atoms with Crippen molar-refractivity contribution in [2.75, 3.05) is 0 Å². The Morgan fingerprint density at radius 2 is 1.81 bits per heavy atom. The molecule has 16 heavy (non-hydrogen) atoms. The number of rotatable bonds is 3. The van der Waals surface area contributed by atoms with Gasteiger partial charge in [-0.25, -0.2) is 0 Å². The maximum absolute atomic E-state index is 10.7. The standard InChI is InChI=1S/C14H26O2/c1-12(2)9-11(13(3,4)16-12)14(5,15)8-10-6-7-10/h10-11,15H,6-9H2,1-5H3. The Hall–Kier alpha value is -0.0800. The van der Waals surface area contributed by atoms with Crippen molar-refractivity contribution < 1.29 is 9.84 Å². The molecule has 0 bridgehead atoms. The smallest absolute Gasteiger partial charge is 0.0690 e. The molecule has 1 saturated heterocycles. The van der Waals surface area contributed by atoms with Gasteiger partial charge in [-0.1, -0.05) is 12.8 Å². The second-order valence-electron chi connectivity index (χ2n) is 7.23. The Morgan fingerprint density at radius 1 is 1.25 bits per heavy atom. The van der Waals surface area contributed by atoms with Crippen molar-refractivity contribution in [2.24, 2.45) is 11.8 Å². The quantitative estimate of drug-likeness (QED) is 0.801. The fraction of sp³-hybridized carbons (Fsp3) is 1.00. The zero-order valence-corrected chi connectivity index (χ0v) is 11.3. The van der Waals surface area contributed by atoms with E-state index in [1.54, 1.807) is 0 Å². The van der Waals surface area contributed by atoms with Crippen LogP contribution in [0.2, 0.25) is 0 Å². The van der Waals surface area contributed by atoms with Crippen LogP contribution >= 0.6 is 0 Å². The molecule has 94 valence electrons. The Kier molecular flexibility index (Phi) is 2.67. The third-order valence-electron chi connectivity index (χ3n) is 4.22. The highest BCUT2D eigenvalue weighted by Gasteiger charge is 2.53. The average Bonchev–Trinajstić information content (AvgIpc) is 2.76. The highest BCUT2D eigenvalue weighted by Crippen LogP contribution is 2.50. The van der Waals surface area contributed by atoms with Gasteiger partial charge >= 0.3 is 0 Å². The third-order valence-corrected chi connectivity index (χ3v) is 4.22. The minimum absolute atomic E-state index is 0.0955. The van der Waals surface area contributed by atoms with Gasteiger partial charge in [-0.3, -0.25) is 0 Å². The summed E-state index contributed by atoms with van der Waals surface area (Å²) in [5.41, 5.74) is -0.873. The van der Waals surface area contributed by atoms with Gasteiger partial charge in [0, 0.05) is 5.92 Å². The van der Waals surface area contributed by atoms with Crippen LogP contribution in [0.3, 0.4) is 0 Å². The predicted molar refractivity (Wildman–Crippen MR) is 65.3 cm³/mol. The van der Waals surface area contributed by atoms with E-state index in [1.165, 1.54) is 12.8 Å². The lowest BCUT2D eigenvalue weighted by molar-refractivity contribution is -0.111. The Bertz CT molecular complexity index is 274. The van der Waals surface area contributed by atoms with Gasteiger partial charge < -0.3 is 9.84 Å². The molecule has 0 spiro atoms. The van der Waals surface area contributed by atoms with Gasteiger partial charge in [-0.2, -0.15) is 0 Å². The third kappa shape index (κ3) is 2.43. The summed E-state index contributed by atoms with van der Waals surface area (Å²) < 4.78 is 6.08. The van der Waals surface area contributed by atoms with Crippen molar-refractivity contribution in [3.05, 3.63) is 0 Å². The van der Waals surface area contributed by atoms with E-state index in [9.17, 15) is 5.11 Å². The zero-order chi connectivity index (χ0) is 12.2. The minimum atomic E-state index is -0.571. The SMILES string of the molecule is CC1(C)CC(C(C)(O)CC2CC2)C(C)(C)O1. The molecule has 1 saturated carbocycles. The summed E-state index contributed by atoms with van der Waals surface area (Å²) >= 11 is 0. The van der Waals surface area contributed by atoms with Crippen LogP contribution in [-0.4, -0.2) is 21.9 Å². The van der Waals surface area contributed by atoms with E-state index >= 15 is 0 Å². The van der Waals surface area contributed by atoms with E-state index in [4.69, 9.17) is 4.74 Å². The van der Waals surface area contributed by atoms with E-state index in [-0.39, 0.29) is 17.1 Å². The first-order valence-corrected chi connectivity index (χ1v) is 6.55. The van der Waals surface area contributed by atoms with E-state index in [0.717, 1.165) is 18.8 Å². The Balaban J connectivity index is 2.12. The van der Waals surface area contributed by atoms with Crippen LogP contribution in [-0.2, 0) is 4.74 Å². The van der Waals surface area contributed by atoms with Gasteiger partial charge in [0.1, 0.15) is 0 Å². The molecule has 0 aromatic carbocycles. The maximum Gasteiger partial charge on any atom is 0.0690 e. The summed E-state index contributed by atoms with van der Waals surface area (Å²) in [7, 11) is 0. The summed E-state index contributed by atoms with van der Waals surface area (Å²) in [6.07, 6.45) is 4.50. The largest absolute Gasteiger partial charge is 0.390 e. The molecule has 2 rings (SSSR count). The molecule has 2 unspecified atom stereocenters. The molecule has 2 heteroatoms. The van der Waals surface area contributed by atoms with Crippen LogP contribution in [0.4, 0.5) is 0 Å². The maximum atomic E-state index is 10.7. The molecular weight excluding hydrogens is 200 g/mol. The van der Waals surface area contributed by atoms with Crippen molar-refractivity contribution in [3.63, 3.8) is 0 Å². The van der Waals surface area contributed by atoms with E-state index in [2.05, 4.69) is 27.7 Å². The summed E-state index contributed by atoms with van der Waals surface area (Å²) in [6, 6.07) is 0. The molecule has 1 N–H and O–H groups in total. The molecule has 0 radical (unpaired) electrons. The normalized spacial score (nSPS) is 36.0. The van der Waals surface area contributed by atoms with Crippen LogP contribution in [0, 0.1) is 11.8 Å². The number of hydrogen-bond donors (Lipinski definition) is 1. The molecular formula is C14H26O2. The Labute approximate surface area is 99.4 Å². The topological polar surface area (TPSA) is 29.5 Å². The van der Waals surface area contributed by atoms with Crippen molar-refractivity contribution in [1.82, 2.24) is 0 Å². The molecule has 2 nitrogen and oxygen atoms in total. The number of hydrogen-bond acceptors (Lipinski definition) is 2. The molecule has 0 aromatic rings. The number of aliphatic hydroxyl groups is 1. The van der Waals surface area contributed by atoms with E-state index < -0.39 is 5.60 Å². The monoisotopic (exact) mass is 226 g/mol. The van der Waals surface area contributed by atoms with Gasteiger partial charge in [0.25, 0.3) is 0 Å². The molecule has 1 heterocycles. The summed E-state index contributed by atoms with van der Waals surface area (Å²) in [4.78, 5) is 0. The van der Waals surface area contributed by atoms with Gasteiger partial charge in [0.2, 0.25) is 0 Å². The first-order chi connectivity index (χ1) is 7.12. The van der Waals surface area contributed by atoms with Gasteiger partial charge in [-0.15, -0.1) is 0 Å². The van der Waals surface area contributed by atoms with Crippen molar-refractivity contribution in [2.45, 2.75) is 77.1 Å². The first kappa shape index (κ1) is 12.4. The van der Waals surface area contributed by atoms with Crippen LogP contribution in [0.25, 0.3) is 0 Å². The van der Waals surface area contributed by atoms with E-state index in [1.807, 2.05) is 6.92 Å². The molecule has 0 aromatic heterocycles. The molecule has 0 amide bonds. The fourth-order valence-electron chi connectivity index (χ4n) is 3.58. The molecule has 2 fully saturated rings. The van der Waals surface area contributed by atoms with E-state index in [0.29, 0.717) is 0 Å². The van der Waals surface area contributed by atoms with Crippen LogP contribution < -0.4 is 0 Å². The lowest BCUT2D eigenvalue weighted by atomic mass is 9.73. The Morgan fingerprint density at radius 3 is 2.19 bits per heavy atom. The molecule has 2 aliphatic rings. The van der Waals surface area contributed by atoms with Crippen LogP contribution in [0.5, 0.6) is 0 Å². The fourth-order valence-corrected chi connectivity index (χ4v) is 3.58. The summed E-state index contributed by atoms with van der Waals surface area (Å²) in [6.45, 7) is 10.5. The van der Waals surface area contributed by atoms with Gasteiger partial charge in [0.15, 0.2) is 0 Å². The van der Waals surface area contributed by atoms with Crippen LogP contribution in [0.15, 0.2) is 0 Å². The molecule has 2 atom stereocenters. The predicted octanol–water partition coefficient (Wildman–Crippen LogP) is 3.13. The minimum Gasteiger partial charge on any atom is -0.390 e. The molecule has 1 aliphatic carbocycles.